The number of hydrogen-bond acceptors (Lipinski definition) is 2. The van der Waals surface area contributed by atoms with Gasteiger partial charge in [-0.15, -0.1) is 0 Å². The lowest BCUT2D eigenvalue weighted by molar-refractivity contribution is 0.0733. The van der Waals surface area contributed by atoms with Crippen LogP contribution in [0.4, 0.5) is 0 Å². The fraction of sp³-hybridized carbons (Fsp3) is 0.190. The van der Waals surface area contributed by atoms with Crippen LogP contribution in [0.15, 0.2) is 66.7 Å². The molecule has 1 unspecified atom stereocenters. The van der Waals surface area contributed by atoms with E-state index in [1.54, 1.807) is 12.1 Å². The second-order valence-electron chi connectivity index (χ2n) is 6.28. The lowest BCUT2D eigenvalue weighted by Gasteiger charge is -2.25. The Morgan fingerprint density at radius 1 is 0.958 bits per heavy atom. The Hall–Kier alpha value is -2.81. The van der Waals surface area contributed by atoms with Crippen LogP contribution in [0, 0.1) is 0 Å². The highest BCUT2D eigenvalue weighted by Gasteiger charge is 2.31. The number of amides is 1. The molecule has 0 aliphatic carbocycles. The third kappa shape index (κ3) is 2.52. The minimum absolute atomic E-state index is 0.0532. The number of carbonyl (C=O) groups is 1. The lowest BCUT2D eigenvalue weighted by Crippen LogP contribution is -2.30. The van der Waals surface area contributed by atoms with Crippen molar-refractivity contribution in [3.63, 3.8) is 0 Å². The van der Waals surface area contributed by atoms with Crippen molar-refractivity contribution in [1.82, 2.24) is 4.90 Å². The second kappa shape index (κ2) is 6.00. The summed E-state index contributed by atoms with van der Waals surface area (Å²) in [6, 6.07) is 21.5. The molecular formula is C21H19NO2. The minimum atomic E-state index is -0.0930. The number of benzene rings is 3. The fourth-order valence-electron chi connectivity index (χ4n) is 3.59. The molecule has 1 N–H and O–H groups in total. The first-order valence-corrected chi connectivity index (χ1v) is 8.32. The summed E-state index contributed by atoms with van der Waals surface area (Å²) in [5.41, 5.74) is 1.54. The maximum Gasteiger partial charge on any atom is 0.258 e. The Morgan fingerprint density at radius 2 is 1.62 bits per heavy atom. The number of phenolic OH excluding ortho intramolecular Hbond substituents is 1. The van der Waals surface area contributed by atoms with Crippen molar-refractivity contribution < 1.29 is 9.90 Å². The van der Waals surface area contributed by atoms with Gasteiger partial charge in [-0.05, 0) is 41.3 Å². The number of phenols is 1. The highest BCUT2D eigenvalue weighted by molar-refractivity contribution is 6.01. The Morgan fingerprint density at radius 3 is 2.38 bits per heavy atom. The maximum absolute atomic E-state index is 13.1. The topological polar surface area (TPSA) is 40.5 Å². The van der Waals surface area contributed by atoms with Crippen LogP contribution in [0.1, 0.15) is 34.8 Å². The van der Waals surface area contributed by atoms with E-state index in [1.165, 1.54) is 0 Å². The van der Waals surface area contributed by atoms with E-state index < -0.39 is 0 Å². The number of fused-ring (bicyclic) bond motifs is 1. The van der Waals surface area contributed by atoms with Crippen LogP contribution >= 0.6 is 0 Å². The largest absolute Gasteiger partial charge is 0.507 e. The van der Waals surface area contributed by atoms with Gasteiger partial charge in [0.25, 0.3) is 5.91 Å². The molecule has 1 fully saturated rings. The third-order valence-corrected chi connectivity index (χ3v) is 4.79. The number of nitrogens with zero attached hydrogens (tertiary/aromatic N) is 1. The summed E-state index contributed by atoms with van der Waals surface area (Å²) in [6.45, 7) is 0.727. The zero-order chi connectivity index (χ0) is 16.5. The van der Waals surface area contributed by atoms with Gasteiger partial charge in [-0.2, -0.15) is 0 Å². The van der Waals surface area contributed by atoms with Crippen LogP contribution in [0.2, 0.25) is 0 Å². The summed E-state index contributed by atoms with van der Waals surface area (Å²) >= 11 is 0. The number of hydrogen-bond donors (Lipinski definition) is 1. The predicted octanol–water partition coefficient (Wildman–Crippen LogP) is 4.52. The molecule has 1 amide bonds. The molecule has 0 aromatic heterocycles. The van der Waals surface area contributed by atoms with Gasteiger partial charge >= 0.3 is 0 Å². The summed E-state index contributed by atoms with van der Waals surface area (Å²) in [5.74, 6) is -0.0398. The molecule has 1 atom stereocenters. The van der Waals surface area contributed by atoms with Gasteiger partial charge in [-0.1, -0.05) is 54.6 Å². The minimum Gasteiger partial charge on any atom is -0.507 e. The highest BCUT2D eigenvalue weighted by Crippen LogP contribution is 2.35. The molecule has 4 rings (SSSR count). The van der Waals surface area contributed by atoms with Gasteiger partial charge in [0.1, 0.15) is 5.75 Å². The van der Waals surface area contributed by atoms with Gasteiger partial charge < -0.3 is 10.0 Å². The summed E-state index contributed by atoms with van der Waals surface area (Å²) in [6.07, 6.45) is 1.95. The van der Waals surface area contributed by atoms with Crippen molar-refractivity contribution in [3.05, 3.63) is 77.9 Å². The zero-order valence-corrected chi connectivity index (χ0v) is 13.4. The monoisotopic (exact) mass is 317 g/mol. The first kappa shape index (κ1) is 14.8. The van der Waals surface area contributed by atoms with E-state index in [2.05, 4.69) is 12.1 Å². The zero-order valence-electron chi connectivity index (χ0n) is 13.4. The Labute approximate surface area is 141 Å². The van der Waals surface area contributed by atoms with E-state index in [4.69, 9.17) is 0 Å². The molecule has 3 heteroatoms. The number of rotatable bonds is 2. The van der Waals surface area contributed by atoms with Crippen LogP contribution in [0.5, 0.6) is 5.75 Å². The molecule has 3 nitrogen and oxygen atoms in total. The molecule has 0 radical (unpaired) electrons. The summed E-state index contributed by atoms with van der Waals surface area (Å²) < 4.78 is 0. The van der Waals surface area contributed by atoms with Crippen molar-refractivity contribution in [2.24, 2.45) is 0 Å². The van der Waals surface area contributed by atoms with Gasteiger partial charge in [0.15, 0.2) is 0 Å². The molecular weight excluding hydrogens is 298 g/mol. The first-order valence-electron chi connectivity index (χ1n) is 8.32. The molecule has 1 saturated heterocycles. The van der Waals surface area contributed by atoms with Crippen molar-refractivity contribution in [2.45, 2.75) is 18.9 Å². The molecule has 1 aliphatic rings. The third-order valence-electron chi connectivity index (χ3n) is 4.79. The van der Waals surface area contributed by atoms with Crippen LogP contribution in [-0.4, -0.2) is 22.5 Å². The van der Waals surface area contributed by atoms with Crippen molar-refractivity contribution in [3.8, 4) is 5.75 Å². The van der Waals surface area contributed by atoms with Gasteiger partial charge in [-0.3, -0.25) is 4.79 Å². The molecule has 24 heavy (non-hydrogen) atoms. The molecule has 0 spiro atoms. The summed E-state index contributed by atoms with van der Waals surface area (Å²) in [5, 5.41) is 12.3. The standard InChI is InChI=1S/C21H19NO2/c23-20-14-17-10-5-4-9-16(17)13-18(20)21(24)22-12-6-11-19(22)15-7-2-1-3-8-15/h1-5,7-10,13-14,19,23H,6,11-12H2. The average Bonchev–Trinajstić information content (AvgIpc) is 3.11. The van der Waals surface area contributed by atoms with E-state index in [0.29, 0.717) is 5.56 Å². The highest BCUT2D eigenvalue weighted by atomic mass is 16.3. The number of carbonyl (C=O) groups excluding carboxylic acids is 1. The summed E-state index contributed by atoms with van der Waals surface area (Å²) in [4.78, 5) is 14.9. The maximum atomic E-state index is 13.1. The van der Waals surface area contributed by atoms with E-state index >= 15 is 0 Å². The lowest BCUT2D eigenvalue weighted by atomic mass is 10.0. The van der Waals surface area contributed by atoms with Crippen LogP contribution in [0.3, 0.4) is 0 Å². The Bertz CT molecular complexity index is 889. The van der Waals surface area contributed by atoms with Gasteiger partial charge in [0.05, 0.1) is 11.6 Å². The van der Waals surface area contributed by atoms with Crippen molar-refractivity contribution in [1.29, 1.82) is 0 Å². The Kier molecular flexibility index (Phi) is 3.69. The number of likely N-dealkylation sites (tertiary alicyclic amines) is 1. The van der Waals surface area contributed by atoms with Crippen molar-refractivity contribution in [2.75, 3.05) is 6.54 Å². The quantitative estimate of drug-likeness (QED) is 0.755. The first-order chi connectivity index (χ1) is 11.7. The van der Waals surface area contributed by atoms with Gasteiger partial charge in [0.2, 0.25) is 0 Å². The predicted molar refractivity (Wildman–Crippen MR) is 95.1 cm³/mol. The molecule has 3 aromatic carbocycles. The normalized spacial score (nSPS) is 17.3. The second-order valence-corrected chi connectivity index (χ2v) is 6.28. The van der Waals surface area contributed by atoms with Gasteiger partial charge in [-0.25, -0.2) is 0 Å². The van der Waals surface area contributed by atoms with E-state index in [-0.39, 0.29) is 17.7 Å². The molecule has 0 bridgehead atoms. The number of aromatic hydroxyl groups is 1. The van der Waals surface area contributed by atoms with E-state index in [1.807, 2.05) is 47.4 Å². The summed E-state index contributed by atoms with van der Waals surface area (Å²) in [7, 11) is 0. The van der Waals surface area contributed by atoms with Gasteiger partial charge in [0, 0.05) is 6.54 Å². The SMILES string of the molecule is O=C(c1cc2ccccc2cc1O)N1CCCC1c1ccccc1. The molecule has 0 saturated carbocycles. The molecule has 120 valence electrons. The van der Waals surface area contributed by atoms with Crippen LogP contribution in [0.25, 0.3) is 10.8 Å². The smallest absolute Gasteiger partial charge is 0.258 e. The molecule has 1 heterocycles. The van der Waals surface area contributed by atoms with E-state index in [0.717, 1.165) is 35.7 Å². The van der Waals surface area contributed by atoms with Crippen LogP contribution < -0.4 is 0 Å². The fourth-order valence-corrected chi connectivity index (χ4v) is 3.59. The molecule has 3 aromatic rings. The Balaban J connectivity index is 1.71. The molecule has 1 aliphatic heterocycles. The average molecular weight is 317 g/mol. The van der Waals surface area contributed by atoms with Crippen molar-refractivity contribution >= 4 is 16.7 Å². The van der Waals surface area contributed by atoms with E-state index in [9.17, 15) is 9.90 Å². The van der Waals surface area contributed by atoms with Crippen LogP contribution in [-0.2, 0) is 0 Å².